The zero-order valence-corrected chi connectivity index (χ0v) is 20.2. The van der Waals surface area contributed by atoms with Gasteiger partial charge in [-0.2, -0.15) is 0 Å². The van der Waals surface area contributed by atoms with Gasteiger partial charge in [0, 0.05) is 0 Å². The second-order valence-electron chi connectivity index (χ2n) is 9.63. The van der Waals surface area contributed by atoms with E-state index in [-0.39, 0.29) is 12.2 Å². The van der Waals surface area contributed by atoms with E-state index in [9.17, 15) is 0 Å². The summed E-state index contributed by atoms with van der Waals surface area (Å²) >= 11 is 0. The van der Waals surface area contributed by atoms with Crippen molar-refractivity contribution >= 4 is 25.0 Å². The molecular weight excluding hydrogens is 364 g/mol. The summed E-state index contributed by atoms with van der Waals surface area (Å²) in [7, 11) is -5.62. The maximum absolute atomic E-state index is 6.56. The fourth-order valence-corrected chi connectivity index (χ4v) is 6.09. The van der Waals surface area contributed by atoms with E-state index in [4.69, 9.17) is 18.0 Å². The molecule has 0 amide bonds. The first kappa shape index (κ1) is 21.0. The molecule has 0 saturated carbocycles. The SMILES string of the molecule is C[Si](C)(C)O[C@@H]1[C@H](c2ccccc2)OC1(O[Si](C)(C)C)O[Si](C)(C)C. The number of benzene rings is 1. The van der Waals surface area contributed by atoms with Crippen LogP contribution in [0.3, 0.4) is 0 Å². The highest BCUT2D eigenvalue weighted by Gasteiger charge is 2.63. The molecule has 2 rings (SSSR count). The number of hydrogen-bond acceptors (Lipinski definition) is 4. The van der Waals surface area contributed by atoms with Gasteiger partial charge >= 0.3 is 0 Å². The first-order chi connectivity index (χ1) is 11.2. The Morgan fingerprint density at radius 1 is 0.760 bits per heavy atom. The van der Waals surface area contributed by atoms with Gasteiger partial charge in [0.05, 0.1) is 0 Å². The molecule has 0 radical (unpaired) electrons. The van der Waals surface area contributed by atoms with Crippen LogP contribution in [0.15, 0.2) is 30.3 Å². The Hall–Kier alpha value is -0.289. The topological polar surface area (TPSA) is 36.9 Å². The van der Waals surface area contributed by atoms with E-state index in [1.165, 1.54) is 0 Å². The van der Waals surface area contributed by atoms with E-state index in [2.05, 4.69) is 71.1 Å². The second-order valence-corrected chi connectivity index (χ2v) is 23.0. The molecule has 0 N–H and O–H groups in total. The smallest absolute Gasteiger partial charge is 0.294 e. The number of rotatable bonds is 7. The fourth-order valence-electron chi connectivity index (χ4n) is 2.86. The molecule has 142 valence electrons. The largest absolute Gasteiger partial charge is 0.404 e. The van der Waals surface area contributed by atoms with Crippen molar-refractivity contribution in [3.8, 4) is 0 Å². The Kier molecular flexibility index (Phi) is 5.91. The predicted octanol–water partition coefficient (Wildman–Crippen LogP) is 5.33. The van der Waals surface area contributed by atoms with Gasteiger partial charge in [0.15, 0.2) is 31.1 Å². The molecule has 1 aliphatic heterocycles. The van der Waals surface area contributed by atoms with E-state index < -0.39 is 30.9 Å². The molecule has 1 aromatic carbocycles. The summed E-state index contributed by atoms with van der Waals surface area (Å²) in [6.07, 6.45) is -0.388. The minimum absolute atomic E-state index is 0.152. The first-order valence-corrected chi connectivity index (χ1v) is 19.2. The summed E-state index contributed by atoms with van der Waals surface area (Å²) < 4.78 is 25.9. The summed E-state index contributed by atoms with van der Waals surface area (Å²) in [4.78, 5) is 0. The van der Waals surface area contributed by atoms with Crippen LogP contribution in [0, 0.1) is 0 Å². The van der Waals surface area contributed by atoms with E-state index in [1.54, 1.807) is 0 Å². The van der Waals surface area contributed by atoms with Crippen LogP contribution in [-0.4, -0.2) is 37.0 Å². The van der Waals surface area contributed by atoms with Crippen LogP contribution in [0.4, 0.5) is 0 Å². The Morgan fingerprint density at radius 3 is 1.64 bits per heavy atom. The van der Waals surface area contributed by atoms with Gasteiger partial charge in [-0.3, -0.25) is 0 Å². The minimum atomic E-state index is -1.90. The molecule has 0 unspecified atom stereocenters. The standard InChI is InChI=1S/C18H34O4Si3/c1-23(2,3)20-17-16(15-13-11-10-12-14-15)19-18(17,21-24(4,5)6)22-25(7,8)9/h10-14,16-17H,1-9H3/t16-,17+/m0/s1. The van der Waals surface area contributed by atoms with Gasteiger partial charge in [-0.1, -0.05) is 30.3 Å². The maximum Gasteiger partial charge on any atom is 0.294 e. The molecule has 0 spiro atoms. The van der Waals surface area contributed by atoms with E-state index in [0.29, 0.717) is 0 Å². The van der Waals surface area contributed by atoms with Gasteiger partial charge in [0.2, 0.25) is 0 Å². The third kappa shape index (κ3) is 5.85. The normalized spacial score (nSPS) is 24.0. The van der Waals surface area contributed by atoms with Crippen molar-refractivity contribution in [3.63, 3.8) is 0 Å². The van der Waals surface area contributed by atoms with Crippen LogP contribution < -0.4 is 0 Å². The number of hydrogen-bond donors (Lipinski definition) is 0. The average molecular weight is 399 g/mol. The molecule has 1 heterocycles. The van der Waals surface area contributed by atoms with Crippen LogP contribution in [-0.2, 0) is 18.0 Å². The second kappa shape index (κ2) is 7.03. The summed E-state index contributed by atoms with van der Waals surface area (Å²) in [5.74, 6) is -1.07. The highest BCUT2D eigenvalue weighted by Crippen LogP contribution is 2.50. The molecule has 1 saturated heterocycles. The molecule has 1 aliphatic rings. The predicted molar refractivity (Wildman–Crippen MR) is 110 cm³/mol. The highest BCUT2D eigenvalue weighted by atomic mass is 28.4. The Labute approximate surface area is 156 Å². The molecule has 1 fully saturated rings. The van der Waals surface area contributed by atoms with Crippen LogP contribution in [0.2, 0.25) is 58.9 Å². The first-order valence-electron chi connectivity index (χ1n) is 9.02. The third-order valence-corrected chi connectivity index (χ3v) is 6.18. The monoisotopic (exact) mass is 398 g/mol. The molecule has 0 aromatic heterocycles. The average Bonchev–Trinajstić information content (AvgIpc) is 2.39. The van der Waals surface area contributed by atoms with Gasteiger partial charge in [0.1, 0.15) is 6.10 Å². The number of ether oxygens (including phenoxy) is 1. The quantitative estimate of drug-likeness (QED) is 0.459. The molecular formula is C18H34O4Si3. The molecule has 4 nitrogen and oxygen atoms in total. The molecule has 0 bridgehead atoms. The Bertz CT molecular complexity index is 557. The van der Waals surface area contributed by atoms with E-state index in [0.717, 1.165) is 5.56 Å². The van der Waals surface area contributed by atoms with Crippen LogP contribution in [0.25, 0.3) is 0 Å². The van der Waals surface area contributed by atoms with Crippen molar-refractivity contribution in [1.29, 1.82) is 0 Å². The highest BCUT2D eigenvalue weighted by molar-refractivity contribution is 6.71. The zero-order chi connectivity index (χ0) is 19.1. The van der Waals surface area contributed by atoms with Crippen molar-refractivity contribution in [3.05, 3.63) is 35.9 Å². The van der Waals surface area contributed by atoms with Gasteiger partial charge in [-0.25, -0.2) is 0 Å². The molecule has 25 heavy (non-hydrogen) atoms. The Balaban J connectivity index is 2.39. The molecule has 7 heteroatoms. The van der Waals surface area contributed by atoms with Gasteiger partial charge in [-0.15, -0.1) is 0 Å². The van der Waals surface area contributed by atoms with Gasteiger partial charge in [-0.05, 0) is 64.5 Å². The summed E-state index contributed by atoms with van der Waals surface area (Å²) in [6, 6.07) is 10.2. The Morgan fingerprint density at radius 2 is 1.24 bits per heavy atom. The summed E-state index contributed by atoms with van der Waals surface area (Å²) in [5.41, 5.74) is 1.11. The van der Waals surface area contributed by atoms with Crippen LogP contribution in [0.1, 0.15) is 11.7 Å². The lowest BCUT2D eigenvalue weighted by Gasteiger charge is -2.57. The fraction of sp³-hybridized carbons (Fsp3) is 0.667. The lowest BCUT2D eigenvalue weighted by atomic mass is 9.97. The van der Waals surface area contributed by atoms with Crippen molar-refractivity contribution in [2.75, 3.05) is 0 Å². The van der Waals surface area contributed by atoms with Crippen molar-refractivity contribution in [2.45, 2.75) is 77.1 Å². The maximum atomic E-state index is 6.56. The van der Waals surface area contributed by atoms with Gasteiger partial charge in [0.25, 0.3) is 5.97 Å². The summed E-state index contributed by atoms with van der Waals surface area (Å²) in [5, 5.41) is 0. The van der Waals surface area contributed by atoms with Crippen molar-refractivity contribution in [2.24, 2.45) is 0 Å². The minimum Gasteiger partial charge on any atom is -0.404 e. The summed E-state index contributed by atoms with van der Waals surface area (Å²) in [6.45, 7) is 19.5. The molecule has 1 aromatic rings. The lowest BCUT2D eigenvalue weighted by molar-refractivity contribution is -0.456. The van der Waals surface area contributed by atoms with Crippen LogP contribution >= 0.6 is 0 Å². The van der Waals surface area contributed by atoms with Crippen molar-refractivity contribution < 1.29 is 18.0 Å². The van der Waals surface area contributed by atoms with Crippen molar-refractivity contribution in [1.82, 2.24) is 0 Å². The third-order valence-electron chi connectivity index (χ3n) is 3.42. The van der Waals surface area contributed by atoms with Crippen LogP contribution in [0.5, 0.6) is 0 Å². The lowest BCUT2D eigenvalue weighted by Crippen LogP contribution is -2.70. The van der Waals surface area contributed by atoms with E-state index >= 15 is 0 Å². The zero-order valence-electron chi connectivity index (χ0n) is 17.2. The molecule has 0 aliphatic carbocycles. The molecule has 2 atom stereocenters. The van der Waals surface area contributed by atoms with Gasteiger partial charge < -0.3 is 18.0 Å². The van der Waals surface area contributed by atoms with E-state index in [1.807, 2.05) is 18.2 Å².